The first-order valence-corrected chi connectivity index (χ1v) is 14.8. The minimum Gasteiger partial charge on any atom is -0.497 e. The largest absolute Gasteiger partial charge is 0.497 e. The number of halogens is 2. The number of methoxy groups -OCH3 is 1. The summed E-state index contributed by atoms with van der Waals surface area (Å²) in [7, 11) is 1.54. The number of hydrogen-bond donors (Lipinski definition) is 0. The van der Waals surface area contributed by atoms with E-state index in [1.807, 2.05) is 6.07 Å². The molecule has 2 saturated carbocycles. The fourth-order valence-corrected chi connectivity index (χ4v) is 8.21. The molecule has 2 bridgehead atoms. The molecule has 2 amide bonds. The van der Waals surface area contributed by atoms with Crippen LogP contribution in [0.3, 0.4) is 0 Å². The maximum Gasteiger partial charge on any atom is 0.339 e. The zero-order valence-electron chi connectivity index (χ0n) is 21.4. The van der Waals surface area contributed by atoms with Crippen LogP contribution >= 0.6 is 31.9 Å². The summed E-state index contributed by atoms with van der Waals surface area (Å²) in [5.74, 6) is -1.24. The molecule has 0 unspecified atom stereocenters. The van der Waals surface area contributed by atoms with Crippen molar-refractivity contribution in [2.75, 3.05) is 12.0 Å². The first-order valence-electron chi connectivity index (χ1n) is 13.0. The van der Waals surface area contributed by atoms with Crippen molar-refractivity contribution in [1.29, 1.82) is 0 Å². The quantitative estimate of drug-likeness (QED) is 0.138. The van der Waals surface area contributed by atoms with Crippen molar-refractivity contribution in [3.63, 3.8) is 0 Å². The van der Waals surface area contributed by atoms with Gasteiger partial charge < -0.3 is 9.47 Å². The standard InChI is InChI=1S/C31H25Br2NO6/c1-39-20-13-9-16(10-14-20)27(35)28(17-5-3-2-4-6-17)40-31(38)18-7-11-19(12-8-18)34-29(36)23-21-15-22(24(23)30(34)37)26(33)25(21)32/h2-14,21-26,28H,15H2,1H3/t21-,22-,23-,24-,25+,26+,28-/m1/s1. The highest BCUT2D eigenvalue weighted by atomic mass is 79.9. The van der Waals surface area contributed by atoms with Crippen LogP contribution in [0.15, 0.2) is 78.9 Å². The fraction of sp³-hybridized carbons (Fsp3) is 0.290. The highest BCUT2D eigenvalue weighted by Gasteiger charge is 2.66. The van der Waals surface area contributed by atoms with Gasteiger partial charge in [0.05, 0.1) is 30.2 Å². The van der Waals surface area contributed by atoms with Crippen LogP contribution in [-0.4, -0.2) is 40.3 Å². The van der Waals surface area contributed by atoms with Gasteiger partial charge in [0, 0.05) is 20.8 Å². The Balaban J connectivity index is 1.21. The smallest absolute Gasteiger partial charge is 0.339 e. The second kappa shape index (κ2) is 10.6. The molecule has 2 aliphatic carbocycles. The van der Waals surface area contributed by atoms with E-state index in [-0.39, 0.29) is 56.5 Å². The summed E-state index contributed by atoms with van der Waals surface area (Å²) >= 11 is 7.41. The Morgan fingerprint density at radius 3 is 1.90 bits per heavy atom. The van der Waals surface area contributed by atoms with Crippen molar-refractivity contribution < 1.29 is 28.7 Å². The van der Waals surface area contributed by atoms with E-state index in [1.165, 1.54) is 17.0 Å². The van der Waals surface area contributed by atoms with Gasteiger partial charge >= 0.3 is 5.97 Å². The lowest BCUT2D eigenvalue weighted by Crippen LogP contribution is -2.37. The van der Waals surface area contributed by atoms with Crippen molar-refractivity contribution >= 4 is 61.1 Å². The lowest BCUT2D eigenvalue weighted by Gasteiger charge is -2.28. The highest BCUT2D eigenvalue weighted by molar-refractivity contribution is 9.12. The van der Waals surface area contributed by atoms with Crippen LogP contribution in [0.2, 0.25) is 0 Å². The molecule has 3 aromatic rings. The van der Waals surface area contributed by atoms with Crippen molar-refractivity contribution in [2.45, 2.75) is 22.2 Å². The van der Waals surface area contributed by atoms with E-state index >= 15 is 0 Å². The molecule has 1 saturated heterocycles. The Labute approximate surface area is 248 Å². The third-order valence-electron chi connectivity index (χ3n) is 8.29. The summed E-state index contributed by atoms with van der Waals surface area (Å²) in [6.45, 7) is 0. The molecule has 3 fully saturated rings. The van der Waals surface area contributed by atoms with Gasteiger partial charge in [0.25, 0.3) is 0 Å². The van der Waals surface area contributed by atoms with Crippen LogP contribution in [0, 0.1) is 23.7 Å². The molecule has 0 N–H and O–H groups in total. The summed E-state index contributed by atoms with van der Waals surface area (Å²) in [4.78, 5) is 54.9. The molecule has 7 atom stereocenters. The molecular formula is C31H25Br2NO6. The number of Topliss-reactive ketones (excluding diaryl/α,β-unsaturated/α-hetero) is 1. The topological polar surface area (TPSA) is 90.0 Å². The van der Waals surface area contributed by atoms with E-state index < -0.39 is 12.1 Å². The van der Waals surface area contributed by atoms with E-state index in [4.69, 9.17) is 9.47 Å². The number of carbonyl (C=O) groups excluding carboxylic acids is 4. The number of ketones is 1. The van der Waals surface area contributed by atoms with Crippen LogP contribution in [-0.2, 0) is 14.3 Å². The number of ether oxygens (including phenoxy) is 2. The molecule has 3 aromatic carbocycles. The van der Waals surface area contributed by atoms with Gasteiger partial charge in [-0.05, 0) is 66.8 Å². The summed E-state index contributed by atoms with van der Waals surface area (Å²) in [6, 6.07) is 21.6. The minimum absolute atomic E-state index is 0.119. The Kier molecular flexibility index (Phi) is 7.12. The van der Waals surface area contributed by atoms with E-state index in [9.17, 15) is 19.2 Å². The monoisotopic (exact) mass is 665 g/mol. The SMILES string of the molecule is COc1ccc(C(=O)[C@H](OC(=O)c2ccc(N3C(=O)[C@@H]4[C@H]5C[C@@H]([C@H](Br)[C@H]5Br)[C@H]4C3=O)cc2)c2ccccc2)cc1. The number of amides is 2. The first kappa shape index (κ1) is 26.9. The summed E-state index contributed by atoms with van der Waals surface area (Å²) < 4.78 is 10.9. The predicted octanol–water partition coefficient (Wildman–Crippen LogP) is 5.76. The maximum atomic E-state index is 13.4. The number of anilines is 1. The summed E-state index contributed by atoms with van der Waals surface area (Å²) in [5.41, 5.74) is 1.54. The third kappa shape index (κ3) is 4.39. The number of fused-ring (bicyclic) bond motifs is 5. The van der Waals surface area contributed by atoms with Gasteiger partial charge in [-0.3, -0.25) is 19.3 Å². The van der Waals surface area contributed by atoms with Crippen LogP contribution in [0.4, 0.5) is 5.69 Å². The average molecular weight is 667 g/mol. The third-order valence-corrected chi connectivity index (χ3v) is 11.5. The number of hydrogen-bond acceptors (Lipinski definition) is 6. The van der Waals surface area contributed by atoms with Crippen LogP contribution < -0.4 is 9.64 Å². The van der Waals surface area contributed by atoms with Crippen molar-refractivity contribution in [3.8, 4) is 5.75 Å². The minimum atomic E-state index is -1.16. The number of rotatable bonds is 7. The number of nitrogens with zero attached hydrogens (tertiary/aromatic N) is 1. The molecule has 1 heterocycles. The molecule has 3 aliphatic rings. The normalized spacial score (nSPS) is 27.4. The van der Waals surface area contributed by atoms with Crippen LogP contribution in [0.5, 0.6) is 5.75 Å². The second-order valence-electron chi connectivity index (χ2n) is 10.4. The number of benzene rings is 3. The van der Waals surface area contributed by atoms with Gasteiger partial charge in [-0.2, -0.15) is 0 Å². The van der Waals surface area contributed by atoms with Gasteiger partial charge in [0.2, 0.25) is 17.6 Å². The van der Waals surface area contributed by atoms with E-state index in [2.05, 4.69) is 31.9 Å². The van der Waals surface area contributed by atoms with Crippen LogP contribution in [0.25, 0.3) is 0 Å². The molecule has 40 heavy (non-hydrogen) atoms. The molecule has 9 heteroatoms. The Morgan fingerprint density at radius 2 is 1.35 bits per heavy atom. The Morgan fingerprint density at radius 1 is 0.800 bits per heavy atom. The van der Waals surface area contributed by atoms with Gasteiger partial charge in [-0.1, -0.05) is 62.2 Å². The van der Waals surface area contributed by atoms with E-state index in [0.29, 0.717) is 22.6 Å². The second-order valence-corrected chi connectivity index (χ2v) is 12.5. The zero-order chi connectivity index (χ0) is 28.1. The summed E-state index contributed by atoms with van der Waals surface area (Å²) in [6.07, 6.45) is -0.303. The predicted molar refractivity (Wildman–Crippen MR) is 155 cm³/mol. The highest BCUT2D eigenvalue weighted by Crippen LogP contribution is 2.60. The maximum absolute atomic E-state index is 13.4. The summed E-state index contributed by atoms with van der Waals surface area (Å²) in [5, 5.41) is 0. The van der Waals surface area contributed by atoms with Crippen molar-refractivity contribution in [2.24, 2.45) is 23.7 Å². The molecular weight excluding hydrogens is 642 g/mol. The first-order chi connectivity index (χ1) is 19.3. The molecule has 0 aromatic heterocycles. The number of imide groups is 1. The number of esters is 1. The fourth-order valence-electron chi connectivity index (χ4n) is 6.33. The lowest BCUT2D eigenvalue weighted by atomic mass is 9.81. The molecule has 6 rings (SSSR count). The molecule has 204 valence electrons. The molecule has 0 spiro atoms. The van der Waals surface area contributed by atoms with Crippen LogP contribution in [0.1, 0.15) is 38.8 Å². The van der Waals surface area contributed by atoms with Gasteiger partial charge in [-0.15, -0.1) is 0 Å². The zero-order valence-corrected chi connectivity index (χ0v) is 24.6. The lowest BCUT2D eigenvalue weighted by molar-refractivity contribution is -0.123. The van der Waals surface area contributed by atoms with Gasteiger partial charge in [0.15, 0.2) is 6.10 Å². The van der Waals surface area contributed by atoms with Crippen molar-refractivity contribution in [3.05, 3.63) is 95.6 Å². The number of carbonyl (C=O) groups is 4. The van der Waals surface area contributed by atoms with E-state index in [0.717, 1.165) is 6.42 Å². The van der Waals surface area contributed by atoms with Gasteiger partial charge in [0.1, 0.15) is 5.75 Å². The Hall–Kier alpha value is -3.30. The molecule has 0 radical (unpaired) electrons. The molecule has 1 aliphatic heterocycles. The van der Waals surface area contributed by atoms with Gasteiger partial charge in [-0.25, -0.2) is 4.79 Å². The number of alkyl halides is 2. The Bertz CT molecular complexity index is 1440. The van der Waals surface area contributed by atoms with Crippen molar-refractivity contribution in [1.82, 2.24) is 0 Å². The average Bonchev–Trinajstić information content (AvgIpc) is 3.60. The van der Waals surface area contributed by atoms with E-state index in [1.54, 1.807) is 67.8 Å². The molecule has 7 nitrogen and oxygen atoms in total.